The molecule has 202 valence electrons. The van der Waals surface area contributed by atoms with E-state index in [4.69, 9.17) is 9.47 Å². The van der Waals surface area contributed by atoms with Gasteiger partial charge in [-0.2, -0.15) is 0 Å². The number of pyridine rings is 1. The molecule has 3 aromatic rings. The molecule has 1 N–H and O–H groups in total. The molecule has 6 nitrogen and oxygen atoms in total. The SMILES string of the molecule is CCN(CC)C(C)c1cc([C@@H]2CCc3ccc(C[C@H](C)C(=O)O)cc3O2)ccc1-c1cc(OC)ncc1F. The van der Waals surface area contributed by atoms with Gasteiger partial charge in [-0.1, -0.05) is 45.0 Å². The Bertz CT molecular complexity index is 1290. The maximum absolute atomic E-state index is 15.0. The molecular weight excluding hydrogens is 483 g/mol. The van der Waals surface area contributed by atoms with E-state index in [1.807, 2.05) is 30.3 Å². The highest BCUT2D eigenvalue weighted by Gasteiger charge is 2.26. The van der Waals surface area contributed by atoms with E-state index in [1.165, 1.54) is 13.3 Å². The van der Waals surface area contributed by atoms with Crippen molar-refractivity contribution in [3.8, 4) is 22.8 Å². The standard InChI is InChI=1S/C31H37FN2O4/c1-6-34(7-2)20(4)25-16-23(10-12-24(25)26-17-30(37-5)33-18-27(26)32)28-13-11-22-9-8-21(15-29(22)38-28)14-19(3)31(35)36/h8-10,12,15-20,28H,6-7,11,13-14H2,1-5H3,(H,35,36)/t19-,20?,28-/m0/s1. The number of carboxylic acid groups (broad SMARTS) is 1. The van der Waals surface area contributed by atoms with Crippen LogP contribution in [-0.2, 0) is 17.6 Å². The van der Waals surface area contributed by atoms with Crippen LogP contribution in [0.4, 0.5) is 4.39 Å². The van der Waals surface area contributed by atoms with Gasteiger partial charge in [-0.25, -0.2) is 9.37 Å². The first kappa shape index (κ1) is 27.6. The molecule has 0 fully saturated rings. The van der Waals surface area contributed by atoms with Crippen molar-refractivity contribution in [2.75, 3.05) is 20.2 Å². The molecule has 2 aromatic carbocycles. The molecule has 0 bridgehead atoms. The van der Waals surface area contributed by atoms with E-state index >= 15 is 4.39 Å². The van der Waals surface area contributed by atoms with E-state index in [0.29, 0.717) is 17.9 Å². The number of fused-ring (bicyclic) bond motifs is 1. The number of halogens is 1. The lowest BCUT2D eigenvalue weighted by atomic mass is 9.89. The number of carboxylic acids is 1. The van der Waals surface area contributed by atoms with Gasteiger partial charge in [0.2, 0.25) is 5.88 Å². The first-order chi connectivity index (χ1) is 18.2. The molecule has 0 radical (unpaired) electrons. The number of carbonyl (C=O) groups is 1. The highest BCUT2D eigenvalue weighted by molar-refractivity contribution is 5.70. The summed E-state index contributed by atoms with van der Waals surface area (Å²) in [6, 6.07) is 13.9. The average Bonchev–Trinajstić information content (AvgIpc) is 2.93. The Labute approximate surface area is 224 Å². The van der Waals surface area contributed by atoms with Gasteiger partial charge in [0.15, 0.2) is 0 Å². The van der Waals surface area contributed by atoms with Crippen molar-refractivity contribution in [3.05, 3.63) is 76.7 Å². The minimum absolute atomic E-state index is 0.0542. The zero-order valence-electron chi connectivity index (χ0n) is 22.8. The number of ether oxygens (including phenoxy) is 2. The third-order valence-corrected chi connectivity index (χ3v) is 7.63. The highest BCUT2D eigenvalue weighted by atomic mass is 19.1. The lowest BCUT2D eigenvalue weighted by Gasteiger charge is -2.31. The number of nitrogens with zero attached hydrogens (tertiary/aromatic N) is 2. The molecular formula is C31H37FN2O4. The van der Waals surface area contributed by atoms with E-state index in [1.54, 1.807) is 13.0 Å². The van der Waals surface area contributed by atoms with Crippen molar-refractivity contribution in [1.29, 1.82) is 0 Å². The first-order valence-electron chi connectivity index (χ1n) is 13.3. The van der Waals surface area contributed by atoms with Gasteiger partial charge in [-0.05, 0) is 79.2 Å². The molecule has 4 rings (SSSR count). The second-order valence-corrected chi connectivity index (χ2v) is 9.98. The third-order valence-electron chi connectivity index (χ3n) is 7.63. The van der Waals surface area contributed by atoms with Crippen LogP contribution in [0.1, 0.15) is 68.5 Å². The molecule has 38 heavy (non-hydrogen) atoms. The highest BCUT2D eigenvalue weighted by Crippen LogP contribution is 2.40. The fourth-order valence-electron chi connectivity index (χ4n) is 5.29. The van der Waals surface area contributed by atoms with Gasteiger partial charge in [-0.15, -0.1) is 0 Å². The summed E-state index contributed by atoms with van der Waals surface area (Å²) in [6.45, 7) is 9.86. The number of hydrogen-bond acceptors (Lipinski definition) is 5. The fourth-order valence-corrected chi connectivity index (χ4v) is 5.29. The molecule has 3 atom stereocenters. The van der Waals surface area contributed by atoms with E-state index in [9.17, 15) is 9.90 Å². The summed E-state index contributed by atoms with van der Waals surface area (Å²) in [4.78, 5) is 17.7. The second kappa shape index (κ2) is 11.9. The Morgan fingerprint density at radius 1 is 1.16 bits per heavy atom. The van der Waals surface area contributed by atoms with Crippen LogP contribution in [0.5, 0.6) is 11.6 Å². The summed E-state index contributed by atoms with van der Waals surface area (Å²) in [5.74, 6) is -0.482. The fraction of sp³-hybridized carbons (Fsp3) is 0.419. The predicted molar refractivity (Wildman–Crippen MR) is 146 cm³/mol. The van der Waals surface area contributed by atoms with E-state index < -0.39 is 17.7 Å². The van der Waals surface area contributed by atoms with Gasteiger partial charge < -0.3 is 14.6 Å². The topological polar surface area (TPSA) is 71.9 Å². The minimum atomic E-state index is -0.806. The van der Waals surface area contributed by atoms with Gasteiger partial charge in [0.25, 0.3) is 0 Å². The number of aliphatic carboxylic acids is 1. The predicted octanol–water partition coefficient (Wildman–Crippen LogP) is 6.63. The Hall–Kier alpha value is -3.45. The van der Waals surface area contributed by atoms with Crippen LogP contribution in [-0.4, -0.2) is 41.2 Å². The lowest BCUT2D eigenvalue weighted by molar-refractivity contribution is -0.141. The molecule has 1 aromatic heterocycles. The first-order valence-corrected chi connectivity index (χ1v) is 13.3. The van der Waals surface area contributed by atoms with E-state index in [2.05, 4.69) is 36.7 Å². The monoisotopic (exact) mass is 520 g/mol. The van der Waals surface area contributed by atoms with Gasteiger partial charge in [0.05, 0.1) is 19.2 Å². The molecule has 1 unspecified atom stereocenters. The van der Waals surface area contributed by atoms with E-state index in [-0.39, 0.29) is 12.1 Å². The average molecular weight is 521 g/mol. The van der Waals surface area contributed by atoms with Gasteiger partial charge in [0, 0.05) is 17.7 Å². The van der Waals surface area contributed by atoms with Crippen molar-refractivity contribution in [2.24, 2.45) is 5.92 Å². The van der Waals surface area contributed by atoms with Crippen molar-refractivity contribution in [2.45, 2.75) is 59.1 Å². The van der Waals surface area contributed by atoms with Gasteiger partial charge in [-0.3, -0.25) is 9.69 Å². The van der Waals surface area contributed by atoms with Crippen molar-refractivity contribution in [1.82, 2.24) is 9.88 Å². The summed E-state index contributed by atoms with van der Waals surface area (Å²) in [7, 11) is 1.53. The number of aromatic nitrogens is 1. The van der Waals surface area contributed by atoms with Crippen LogP contribution < -0.4 is 9.47 Å². The molecule has 0 aliphatic carbocycles. The molecule has 1 aliphatic rings. The number of methoxy groups -OCH3 is 1. The Morgan fingerprint density at radius 3 is 2.61 bits per heavy atom. The molecule has 2 heterocycles. The molecule has 0 saturated carbocycles. The molecule has 7 heteroatoms. The molecule has 0 spiro atoms. The Morgan fingerprint density at radius 2 is 1.92 bits per heavy atom. The molecule has 1 aliphatic heterocycles. The van der Waals surface area contributed by atoms with Crippen molar-refractivity contribution in [3.63, 3.8) is 0 Å². The summed E-state index contributed by atoms with van der Waals surface area (Å²) in [6.07, 6.45) is 3.21. The van der Waals surface area contributed by atoms with Gasteiger partial charge in [0.1, 0.15) is 17.7 Å². The lowest BCUT2D eigenvalue weighted by Crippen LogP contribution is -2.27. The zero-order valence-corrected chi connectivity index (χ0v) is 22.8. The van der Waals surface area contributed by atoms with Crippen molar-refractivity contribution >= 4 is 5.97 Å². The number of benzene rings is 2. The molecule has 0 amide bonds. The zero-order chi connectivity index (χ0) is 27.4. The summed E-state index contributed by atoms with van der Waals surface area (Å²) < 4.78 is 26.8. The smallest absolute Gasteiger partial charge is 0.306 e. The van der Waals surface area contributed by atoms with Crippen LogP contribution in [0.3, 0.4) is 0 Å². The number of aryl methyl sites for hydroxylation is 1. The molecule has 0 saturated heterocycles. The minimum Gasteiger partial charge on any atom is -0.485 e. The maximum atomic E-state index is 15.0. The van der Waals surface area contributed by atoms with Crippen LogP contribution >= 0.6 is 0 Å². The quantitative estimate of drug-likeness (QED) is 0.324. The van der Waals surface area contributed by atoms with Crippen LogP contribution in [0, 0.1) is 11.7 Å². The number of rotatable bonds is 10. The van der Waals surface area contributed by atoms with Crippen LogP contribution in [0.25, 0.3) is 11.1 Å². The third kappa shape index (κ3) is 5.83. The number of hydrogen-bond donors (Lipinski definition) is 1. The normalized spacial score (nSPS) is 16.4. The van der Waals surface area contributed by atoms with Crippen LogP contribution in [0.15, 0.2) is 48.7 Å². The van der Waals surface area contributed by atoms with Crippen molar-refractivity contribution < 1.29 is 23.8 Å². The van der Waals surface area contributed by atoms with E-state index in [0.717, 1.165) is 59.5 Å². The summed E-state index contributed by atoms with van der Waals surface area (Å²) >= 11 is 0. The summed E-state index contributed by atoms with van der Waals surface area (Å²) in [5.41, 5.74) is 5.42. The summed E-state index contributed by atoms with van der Waals surface area (Å²) in [5, 5.41) is 9.30. The van der Waals surface area contributed by atoms with Gasteiger partial charge >= 0.3 is 5.97 Å². The Balaban J connectivity index is 1.71. The van der Waals surface area contributed by atoms with Crippen LogP contribution in [0.2, 0.25) is 0 Å². The second-order valence-electron chi connectivity index (χ2n) is 9.98. The largest absolute Gasteiger partial charge is 0.485 e. The maximum Gasteiger partial charge on any atom is 0.306 e. The Kier molecular flexibility index (Phi) is 8.67.